The fraction of sp³-hybridized carbons (Fsp3) is 0.235. The monoisotopic (exact) mass is 388 g/mol. The Hall–Kier alpha value is -3.09. The number of benzene rings is 1. The molecule has 10 heteroatoms. The van der Waals surface area contributed by atoms with Gasteiger partial charge in [0.15, 0.2) is 5.69 Å². The van der Waals surface area contributed by atoms with E-state index in [2.05, 4.69) is 9.72 Å². The average Bonchev–Trinajstić information content (AvgIpc) is 2.59. The van der Waals surface area contributed by atoms with Gasteiger partial charge in [-0.1, -0.05) is 12.1 Å². The summed E-state index contributed by atoms with van der Waals surface area (Å²) in [6.07, 6.45) is -9.67. The maximum absolute atomic E-state index is 13.3. The Morgan fingerprint density at radius 3 is 2.15 bits per heavy atom. The van der Waals surface area contributed by atoms with Gasteiger partial charge in [-0.2, -0.15) is 31.6 Å². The van der Waals surface area contributed by atoms with E-state index in [4.69, 9.17) is 0 Å². The predicted molar refractivity (Wildman–Crippen MR) is 80.3 cm³/mol. The number of carbonyl (C=O) groups is 1. The predicted octanol–water partition coefficient (Wildman–Crippen LogP) is 4.83. The summed E-state index contributed by atoms with van der Waals surface area (Å²) in [4.78, 5) is 15.1. The first-order valence-electron chi connectivity index (χ1n) is 7.36. The van der Waals surface area contributed by atoms with E-state index in [0.717, 1.165) is 12.1 Å². The topological polar surface area (TPSA) is 63.0 Å². The van der Waals surface area contributed by atoms with Crippen molar-refractivity contribution in [1.82, 2.24) is 4.98 Å². The van der Waals surface area contributed by atoms with E-state index in [1.54, 1.807) is 6.07 Å². The quantitative estimate of drug-likeness (QED) is 0.558. The van der Waals surface area contributed by atoms with Gasteiger partial charge >= 0.3 is 18.3 Å². The standard InChI is InChI=1S/C17H10F6N2O2/c1-2-27-15(26)12-7-10(8-24)13(25-14(12)17(21,22)23)9-3-5-11(6-4-9)16(18,19)20/h3-7H,2H2,1H3. The van der Waals surface area contributed by atoms with Gasteiger partial charge in [0.25, 0.3) is 0 Å². The van der Waals surface area contributed by atoms with Crippen LogP contribution < -0.4 is 0 Å². The number of hydrogen-bond donors (Lipinski definition) is 0. The molecule has 4 nitrogen and oxygen atoms in total. The average molecular weight is 388 g/mol. The van der Waals surface area contributed by atoms with Crippen LogP contribution in [0.3, 0.4) is 0 Å². The number of carbonyl (C=O) groups excluding carboxylic acids is 1. The zero-order valence-electron chi connectivity index (χ0n) is 13.6. The van der Waals surface area contributed by atoms with Crippen LogP contribution in [0, 0.1) is 11.3 Å². The van der Waals surface area contributed by atoms with Crippen LogP contribution in [0.15, 0.2) is 30.3 Å². The number of ether oxygens (including phenoxy) is 1. The van der Waals surface area contributed by atoms with Crippen molar-refractivity contribution in [3.05, 3.63) is 52.7 Å². The highest BCUT2D eigenvalue weighted by atomic mass is 19.4. The lowest BCUT2D eigenvalue weighted by molar-refractivity contribution is -0.141. The smallest absolute Gasteiger partial charge is 0.434 e. The highest BCUT2D eigenvalue weighted by Gasteiger charge is 2.39. The number of rotatable bonds is 3. The van der Waals surface area contributed by atoms with Gasteiger partial charge in [-0.3, -0.25) is 0 Å². The third-order valence-electron chi connectivity index (χ3n) is 3.39. The lowest BCUT2D eigenvalue weighted by Gasteiger charge is -2.14. The van der Waals surface area contributed by atoms with E-state index in [1.807, 2.05) is 0 Å². The van der Waals surface area contributed by atoms with Crippen LogP contribution in [0.1, 0.15) is 34.1 Å². The van der Waals surface area contributed by atoms with Crippen LogP contribution >= 0.6 is 0 Å². The molecule has 0 spiro atoms. The van der Waals surface area contributed by atoms with Crippen molar-refractivity contribution in [3.63, 3.8) is 0 Å². The van der Waals surface area contributed by atoms with E-state index in [1.165, 1.54) is 6.92 Å². The van der Waals surface area contributed by atoms with E-state index >= 15 is 0 Å². The van der Waals surface area contributed by atoms with Crippen molar-refractivity contribution in [3.8, 4) is 17.3 Å². The molecule has 2 aromatic rings. The number of aromatic nitrogens is 1. The molecule has 1 heterocycles. The Morgan fingerprint density at radius 2 is 1.70 bits per heavy atom. The van der Waals surface area contributed by atoms with Crippen molar-refractivity contribution in [1.29, 1.82) is 5.26 Å². The maximum Gasteiger partial charge on any atom is 0.434 e. The summed E-state index contributed by atoms with van der Waals surface area (Å²) in [7, 11) is 0. The molecule has 0 aliphatic heterocycles. The lowest BCUT2D eigenvalue weighted by Crippen LogP contribution is -2.18. The Kier molecular flexibility index (Phi) is 5.44. The van der Waals surface area contributed by atoms with E-state index < -0.39 is 46.4 Å². The summed E-state index contributed by atoms with van der Waals surface area (Å²) in [5.74, 6) is -1.31. The van der Waals surface area contributed by atoms with E-state index in [9.17, 15) is 36.4 Å². The fourth-order valence-corrected chi connectivity index (χ4v) is 2.22. The third-order valence-corrected chi connectivity index (χ3v) is 3.39. The maximum atomic E-state index is 13.3. The van der Waals surface area contributed by atoms with Gasteiger partial charge in [0, 0.05) is 5.56 Å². The van der Waals surface area contributed by atoms with Crippen LogP contribution in [-0.2, 0) is 17.1 Å². The Bertz CT molecular complexity index is 896. The molecule has 0 aliphatic carbocycles. The summed E-state index contributed by atoms with van der Waals surface area (Å²) in [5, 5.41) is 9.19. The van der Waals surface area contributed by atoms with Crippen molar-refractivity contribution in [2.75, 3.05) is 6.61 Å². The molecule has 0 unspecified atom stereocenters. The van der Waals surface area contributed by atoms with Gasteiger partial charge in [0.2, 0.25) is 0 Å². The second-order valence-corrected chi connectivity index (χ2v) is 5.19. The number of hydrogen-bond acceptors (Lipinski definition) is 4. The summed E-state index contributed by atoms with van der Waals surface area (Å²) < 4.78 is 82.3. The minimum absolute atomic E-state index is 0.138. The van der Waals surface area contributed by atoms with Crippen LogP contribution in [0.4, 0.5) is 26.3 Å². The van der Waals surface area contributed by atoms with Crippen molar-refractivity contribution in [2.24, 2.45) is 0 Å². The largest absolute Gasteiger partial charge is 0.462 e. The Labute approximate surface area is 149 Å². The van der Waals surface area contributed by atoms with Gasteiger partial charge in [0.1, 0.15) is 6.07 Å². The summed E-state index contributed by atoms with van der Waals surface area (Å²) in [6.45, 7) is 1.19. The van der Waals surface area contributed by atoms with Crippen LogP contribution in [0.2, 0.25) is 0 Å². The van der Waals surface area contributed by atoms with Crippen molar-refractivity contribution < 1.29 is 35.9 Å². The molecule has 1 aromatic carbocycles. The first-order valence-corrected chi connectivity index (χ1v) is 7.36. The molecule has 0 atom stereocenters. The molecule has 142 valence electrons. The molecule has 0 saturated heterocycles. The molecule has 2 rings (SSSR count). The molecule has 0 fully saturated rings. The molecule has 0 aliphatic rings. The molecule has 0 amide bonds. The molecule has 0 bridgehead atoms. The zero-order valence-corrected chi connectivity index (χ0v) is 13.6. The molecular weight excluding hydrogens is 378 g/mol. The third kappa shape index (κ3) is 4.36. The molecule has 27 heavy (non-hydrogen) atoms. The SMILES string of the molecule is CCOC(=O)c1cc(C#N)c(-c2ccc(C(F)(F)F)cc2)nc1C(F)(F)F. The number of pyridine rings is 1. The van der Waals surface area contributed by atoms with Crippen molar-refractivity contribution in [2.45, 2.75) is 19.3 Å². The highest BCUT2D eigenvalue weighted by Crippen LogP contribution is 2.35. The first-order chi connectivity index (χ1) is 12.5. The fourth-order valence-electron chi connectivity index (χ4n) is 2.22. The van der Waals surface area contributed by atoms with Crippen LogP contribution in [0.25, 0.3) is 11.3 Å². The van der Waals surface area contributed by atoms with Gasteiger partial charge in [-0.25, -0.2) is 9.78 Å². The number of nitrogens with zero attached hydrogens (tertiary/aromatic N) is 2. The van der Waals surface area contributed by atoms with E-state index in [-0.39, 0.29) is 12.2 Å². The molecule has 1 aromatic heterocycles. The minimum Gasteiger partial charge on any atom is -0.462 e. The number of halogens is 6. The van der Waals surface area contributed by atoms with Gasteiger partial charge in [-0.05, 0) is 25.1 Å². The molecular formula is C17H10F6N2O2. The summed E-state index contributed by atoms with van der Waals surface area (Å²) in [6, 6.07) is 5.38. The van der Waals surface area contributed by atoms with Gasteiger partial charge < -0.3 is 4.74 Å². The number of alkyl halides is 6. The van der Waals surface area contributed by atoms with Crippen molar-refractivity contribution >= 4 is 5.97 Å². The Balaban J connectivity index is 2.67. The van der Waals surface area contributed by atoms with E-state index in [0.29, 0.717) is 18.2 Å². The van der Waals surface area contributed by atoms with Crippen LogP contribution in [-0.4, -0.2) is 17.6 Å². The first kappa shape index (κ1) is 20.2. The normalized spacial score (nSPS) is 11.8. The van der Waals surface area contributed by atoms with Gasteiger partial charge in [0.05, 0.1) is 29.0 Å². The number of nitriles is 1. The summed E-state index contributed by atoms with van der Waals surface area (Å²) in [5.41, 5.74) is -4.59. The highest BCUT2D eigenvalue weighted by molar-refractivity contribution is 5.92. The van der Waals surface area contributed by atoms with Gasteiger partial charge in [-0.15, -0.1) is 0 Å². The number of esters is 1. The van der Waals surface area contributed by atoms with Crippen LogP contribution in [0.5, 0.6) is 0 Å². The second kappa shape index (κ2) is 7.26. The minimum atomic E-state index is -5.04. The molecule has 0 saturated carbocycles. The Morgan fingerprint density at radius 1 is 1.11 bits per heavy atom. The summed E-state index contributed by atoms with van der Waals surface area (Å²) >= 11 is 0. The molecule has 0 N–H and O–H groups in total. The lowest BCUT2D eigenvalue weighted by atomic mass is 10.0. The molecule has 0 radical (unpaired) electrons. The zero-order chi connectivity index (χ0) is 20.4. The second-order valence-electron chi connectivity index (χ2n) is 5.19.